The molecule has 1 atom stereocenters. The highest BCUT2D eigenvalue weighted by molar-refractivity contribution is 7.14. The summed E-state index contributed by atoms with van der Waals surface area (Å²) < 4.78 is 0. The topological polar surface area (TPSA) is 80.9 Å². The van der Waals surface area contributed by atoms with E-state index < -0.39 is 0 Å². The maximum Gasteiger partial charge on any atom is 0.217 e. The van der Waals surface area contributed by atoms with Gasteiger partial charge in [0.2, 0.25) is 5.91 Å². The summed E-state index contributed by atoms with van der Waals surface area (Å²) in [6.45, 7) is 4.25. The summed E-state index contributed by atoms with van der Waals surface area (Å²) >= 11 is 1.54. The Labute approximate surface area is 135 Å². The van der Waals surface area contributed by atoms with Crippen molar-refractivity contribution in [1.82, 2.24) is 15.5 Å². The van der Waals surface area contributed by atoms with Crippen molar-refractivity contribution in [3.63, 3.8) is 0 Å². The first-order valence-electron chi connectivity index (χ1n) is 7.48. The van der Waals surface area contributed by atoms with E-state index in [1.165, 1.54) is 12.5 Å². The molecule has 2 aromatic rings. The van der Waals surface area contributed by atoms with Crippen LogP contribution in [0.2, 0.25) is 0 Å². The average molecular weight is 318 g/mol. The molecule has 1 amide bonds. The van der Waals surface area contributed by atoms with Crippen LogP contribution in [0.25, 0.3) is 10.6 Å². The van der Waals surface area contributed by atoms with E-state index in [2.05, 4.69) is 28.5 Å². The fraction of sp³-hybridized carbons (Fsp3) is 0.438. The second kappa shape index (κ2) is 8.00. The fourth-order valence-corrected chi connectivity index (χ4v) is 3.31. The number of nitrogens with two attached hydrogens (primary N) is 1. The van der Waals surface area contributed by atoms with Gasteiger partial charge in [0.1, 0.15) is 10.0 Å². The molecule has 0 saturated heterocycles. The van der Waals surface area contributed by atoms with E-state index in [0.29, 0.717) is 6.54 Å². The van der Waals surface area contributed by atoms with Crippen molar-refractivity contribution in [3.8, 4) is 10.6 Å². The molecule has 0 unspecified atom stereocenters. The van der Waals surface area contributed by atoms with Gasteiger partial charge in [-0.15, -0.1) is 10.2 Å². The number of nitrogens with zero attached hydrogens (tertiary/aromatic N) is 2. The number of benzene rings is 1. The second-order valence-electron chi connectivity index (χ2n) is 5.30. The number of aryl methyl sites for hydroxylation is 1. The molecule has 22 heavy (non-hydrogen) atoms. The van der Waals surface area contributed by atoms with E-state index in [-0.39, 0.29) is 11.9 Å². The molecule has 0 radical (unpaired) electrons. The lowest BCUT2D eigenvalue weighted by Crippen LogP contribution is -2.26. The zero-order chi connectivity index (χ0) is 15.9. The smallest absolute Gasteiger partial charge is 0.217 e. The maximum atomic E-state index is 11.4. The van der Waals surface area contributed by atoms with Gasteiger partial charge in [0.15, 0.2) is 0 Å². The number of carbonyl (C=O) groups excluding carboxylic acids is 1. The Hall–Kier alpha value is -1.79. The summed E-state index contributed by atoms with van der Waals surface area (Å²) in [5.74, 6) is -0.0506. The number of nitrogens with one attached hydrogen (secondary N) is 1. The summed E-state index contributed by atoms with van der Waals surface area (Å²) in [7, 11) is 0. The van der Waals surface area contributed by atoms with Crippen LogP contribution in [0.3, 0.4) is 0 Å². The van der Waals surface area contributed by atoms with Crippen molar-refractivity contribution >= 4 is 17.2 Å². The zero-order valence-corrected chi connectivity index (χ0v) is 13.8. The summed E-state index contributed by atoms with van der Waals surface area (Å²) in [6.07, 6.45) is 2.74. The minimum atomic E-state index is -0.0840. The van der Waals surface area contributed by atoms with Gasteiger partial charge >= 0.3 is 0 Å². The van der Waals surface area contributed by atoms with E-state index in [4.69, 9.17) is 5.73 Å². The van der Waals surface area contributed by atoms with Crippen molar-refractivity contribution in [2.24, 2.45) is 5.73 Å². The SMILES string of the molecule is CC(=O)N[C@@H](CCCCN)c1nnc(-c2ccccc2C)s1. The summed E-state index contributed by atoms with van der Waals surface area (Å²) in [5.41, 5.74) is 7.80. The van der Waals surface area contributed by atoms with Crippen LogP contribution in [0.5, 0.6) is 0 Å². The number of hydrogen-bond acceptors (Lipinski definition) is 5. The van der Waals surface area contributed by atoms with Gasteiger partial charge in [-0.1, -0.05) is 35.6 Å². The third-order valence-electron chi connectivity index (χ3n) is 3.44. The third-order valence-corrected chi connectivity index (χ3v) is 4.51. The predicted molar refractivity (Wildman–Crippen MR) is 89.5 cm³/mol. The normalized spacial score (nSPS) is 12.1. The molecule has 1 heterocycles. The molecule has 5 nitrogen and oxygen atoms in total. The van der Waals surface area contributed by atoms with Gasteiger partial charge in [0.25, 0.3) is 0 Å². The Bertz CT molecular complexity index is 626. The van der Waals surface area contributed by atoms with Crippen LogP contribution in [0.1, 0.15) is 42.8 Å². The van der Waals surface area contributed by atoms with Crippen LogP contribution in [-0.4, -0.2) is 22.6 Å². The first-order chi connectivity index (χ1) is 10.6. The Kier molecular flexibility index (Phi) is 6.03. The fourth-order valence-electron chi connectivity index (χ4n) is 2.29. The number of aromatic nitrogens is 2. The third kappa shape index (κ3) is 4.35. The van der Waals surface area contributed by atoms with E-state index in [0.717, 1.165) is 34.8 Å². The Morgan fingerprint density at radius 2 is 2.09 bits per heavy atom. The van der Waals surface area contributed by atoms with Crippen LogP contribution >= 0.6 is 11.3 Å². The van der Waals surface area contributed by atoms with Crippen molar-refractivity contribution in [1.29, 1.82) is 0 Å². The van der Waals surface area contributed by atoms with E-state index in [9.17, 15) is 4.79 Å². The van der Waals surface area contributed by atoms with Gasteiger partial charge in [-0.2, -0.15) is 0 Å². The molecular formula is C16H22N4OS. The van der Waals surface area contributed by atoms with Crippen LogP contribution < -0.4 is 11.1 Å². The number of carbonyl (C=O) groups is 1. The summed E-state index contributed by atoms with van der Waals surface area (Å²) in [5, 5.41) is 13.3. The van der Waals surface area contributed by atoms with Gasteiger partial charge in [0.05, 0.1) is 6.04 Å². The van der Waals surface area contributed by atoms with E-state index >= 15 is 0 Å². The lowest BCUT2D eigenvalue weighted by atomic mass is 10.1. The first kappa shape index (κ1) is 16.6. The molecule has 0 aliphatic heterocycles. The highest BCUT2D eigenvalue weighted by Gasteiger charge is 2.18. The largest absolute Gasteiger partial charge is 0.347 e. The molecule has 118 valence electrons. The second-order valence-corrected chi connectivity index (χ2v) is 6.31. The molecule has 0 bridgehead atoms. The molecule has 1 aromatic heterocycles. The minimum Gasteiger partial charge on any atom is -0.347 e. The van der Waals surface area contributed by atoms with Crippen LogP contribution in [0.15, 0.2) is 24.3 Å². The Morgan fingerprint density at radius 1 is 1.32 bits per heavy atom. The van der Waals surface area contributed by atoms with Crippen molar-refractivity contribution in [2.75, 3.05) is 6.54 Å². The lowest BCUT2D eigenvalue weighted by Gasteiger charge is -2.14. The number of unbranched alkanes of at least 4 members (excludes halogenated alkanes) is 1. The van der Waals surface area contributed by atoms with Crippen molar-refractivity contribution in [3.05, 3.63) is 34.8 Å². The number of hydrogen-bond donors (Lipinski definition) is 2. The van der Waals surface area contributed by atoms with Crippen LogP contribution in [-0.2, 0) is 4.79 Å². The zero-order valence-electron chi connectivity index (χ0n) is 13.0. The quantitative estimate of drug-likeness (QED) is 0.769. The van der Waals surface area contributed by atoms with Crippen molar-refractivity contribution in [2.45, 2.75) is 39.2 Å². The average Bonchev–Trinajstić information content (AvgIpc) is 2.96. The Morgan fingerprint density at radius 3 is 2.77 bits per heavy atom. The van der Waals surface area contributed by atoms with Gasteiger partial charge < -0.3 is 11.1 Å². The van der Waals surface area contributed by atoms with Crippen LogP contribution in [0, 0.1) is 6.92 Å². The molecule has 0 aliphatic carbocycles. The summed E-state index contributed by atoms with van der Waals surface area (Å²) in [6, 6.07) is 8.02. The predicted octanol–water partition coefficient (Wildman–Crippen LogP) is 2.82. The highest BCUT2D eigenvalue weighted by Crippen LogP contribution is 2.30. The molecule has 2 rings (SSSR count). The molecule has 3 N–H and O–H groups in total. The Balaban J connectivity index is 2.18. The number of amides is 1. The molecule has 1 aromatic carbocycles. The standard InChI is InChI=1S/C16H22N4OS/c1-11-7-3-4-8-13(11)15-19-20-16(22-15)14(18-12(2)21)9-5-6-10-17/h3-4,7-8,14H,5-6,9-10,17H2,1-2H3,(H,18,21)/t14-/m0/s1. The number of rotatable bonds is 7. The molecule has 6 heteroatoms. The van der Waals surface area contributed by atoms with E-state index in [1.54, 1.807) is 11.3 Å². The van der Waals surface area contributed by atoms with Crippen molar-refractivity contribution < 1.29 is 4.79 Å². The van der Waals surface area contributed by atoms with Gasteiger partial charge in [-0.25, -0.2) is 0 Å². The molecule has 0 fully saturated rings. The molecule has 0 saturated carbocycles. The lowest BCUT2D eigenvalue weighted by molar-refractivity contribution is -0.119. The van der Waals surface area contributed by atoms with Gasteiger partial charge in [-0.3, -0.25) is 4.79 Å². The highest BCUT2D eigenvalue weighted by atomic mass is 32.1. The molecular weight excluding hydrogens is 296 g/mol. The van der Waals surface area contributed by atoms with Gasteiger partial charge in [-0.05, 0) is 38.3 Å². The first-order valence-corrected chi connectivity index (χ1v) is 8.30. The minimum absolute atomic E-state index is 0.0506. The van der Waals surface area contributed by atoms with E-state index in [1.807, 2.05) is 18.2 Å². The maximum absolute atomic E-state index is 11.4. The molecule has 0 aliphatic rings. The summed E-state index contributed by atoms with van der Waals surface area (Å²) in [4.78, 5) is 11.4. The molecule has 0 spiro atoms. The van der Waals surface area contributed by atoms with Crippen LogP contribution in [0.4, 0.5) is 0 Å². The monoisotopic (exact) mass is 318 g/mol. The van der Waals surface area contributed by atoms with Gasteiger partial charge in [0, 0.05) is 12.5 Å².